The molecule has 0 aromatic carbocycles. The first-order valence-electron chi connectivity index (χ1n) is 5.97. The van der Waals surface area contributed by atoms with Gasteiger partial charge in [-0.25, -0.2) is 0 Å². The van der Waals surface area contributed by atoms with E-state index in [0.717, 1.165) is 24.7 Å². The Bertz CT molecular complexity index is 288. The van der Waals surface area contributed by atoms with Crippen molar-refractivity contribution in [2.24, 2.45) is 5.92 Å². The van der Waals surface area contributed by atoms with Crippen molar-refractivity contribution in [2.75, 3.05) is 6.54 Å². The van der Waals surface area contributed by atoms with Crippen molar-refractivity contribution in [3.63, 3.8) is 0 Å². The molecule has 0 amide bonds. The van der Waals surface area contributed by atoms with Crippen LogP contribution in [0, 0.1) is 12.8 Å². The molecular formula is C13H20N2. The van der Waals surface area contributed by atoms with Gasteiger partial charge >= 0.3 is 0 Å². The van der Waals surface area contributed by atoms with E-state index in [4.69, 9.17) is 0 Å². The van der Waals surface area contributed by atoms with E-state index < -0.39 is 0 Å². The summed E-state index contributed by atoms with van der Waals surface area (Å²) in [5, 5.41) is 3.46. The number of aryl methyl sites for hydroxylation is 1. The summed E-state index contributed by atoms with van der Waals surface area (Å²) in [6, 6.07) is 4.22. The number of aromatic nitrogens is 1. The lowest BCUT2D eigenvalue weighted by Gasteiger charge is -2.25. The molecule has 1 saturated carbocycles. The minimum atomic E-state index is 0.910. The SMILES string of the molecule is Cc1ccc(CNCCC2CCC2)nc1. The Balaban J connectivity index is 1.62. The van der Waals surface area contributed by atoms with E-state index >= 15 is 0 Å². The lowest BCUT2D eigenvalue weighted by molar-refractivity contribution is 0.292. The molecule has 0 bridgehead atoms. The third kappa shape index (κ3) is 3.31. The molecular weight excluding hydrogens is 184 g/mol. The molecule has 1 aliphatic rings. The summed E-state index contributed by atoms with van der Waals surface area (Å²) in [5.41, 5.74) is 2.38. The van der Waals surface area contributed by atoms with E-state index in [-0.39, 0.29) is 0 Å². The Hall–Kier alpha value is -0.890. The second-order valence-corrected chi connectivity index (χ2v) is 4.59. The van der Waals surface area contributed by atoms with Crippen LogP contribution in [0.4, 0.5) is 0 Å². The Morgan fingerprint density at radius 1 is 1.40 bits per heavy atom. The first kappa shape index (κ1) is 10.6. The van der Waals surface area contributed by atoms with Crippen molar-refractivity contribution in [2.45, 2.75) is 39.2 Å². The third-order valence-electron chi connectivity index (χ3n) is 3.23. The van der Waals surface area contributed by atoms with E-state index in [9.17, 15) is 0 Å². The van der Waals surface area contributed by atoms with E-state index in [1.807, 2.05) is 6.20 Å². The molecule has 1 aromatic heterocycles. The summed E-state index contributed by atoms with van der Waals surface area (Å²) < 4.78 is 0. The van der Waals surface area contributed by atoms with Crippen molar-refractivity contribution in [3.8, 4) is 0 Å². The van der Waals surface area contributed by atoms with E-state index in [0.29, 0.717) is 0 Å². The van der Waals surface area contributed by atoms with E-state index in [2.05, 4.69) is 29.4 Å². The number of pyridine rings is 1. The highest BCUT2D eigenvalue weighted by molar-refractivity contribution is 5.11. The predicted octanol–water partition coefficient (Wildman–Crippen LogP) is 2.67. The first-order valence-corrected chi connectivity index (χ1v) is 5.97. The molecule has 1 aliphatic carbocycles. The average Bonchev–Trinajstić information content (AvgIpc) is 2.18. The van der Waals surface area contributed by atoms with Gasteiger partial charge in [0.25, 0.3) is 0 Å². The van der Waals surface area contributed by atoms with Crippen molar-refractivity contribution < 1.29 is 0 Å². The van der Waals surface area contributed by atoms with Gasteiger partial charge in [0.2, 0.25) is 0 Å². The second-order valence-electron chi connectivity index (χ2n) is 4.59. The topological polar surface area (TPSA) is 24.9 Å². The number of hydrogen-bond acceptors (Lipinski definition) is 2. The maximum absolute atomic E-state index is 4.37. The van der Waals surface area contributed by atoms with Crippen LogP contribution in [0.15, 0.2) is 18.3 Å². The normalized spacial score (nSPS) is 16.3. The van der Waals surface area contributed by atoms with Gasteiger partial charge in [-0.15, -0.1) is 0 Å². The molecule has 1 fully saturated rings. The van der Waals surface area contributed by atoms with Crippen molar-refractivity contribution >= 4 is 0 Å². The molecule has 2 nitrogen and oxygen atoms in total. The molecule has 15 heavy (non-hydrogen) atoms. The molecule has 0 aliphatic heterocycles. The molecule has 1 heterocycles. The monoisotopic (exact) mass is 204 g/mol. The lowest BCUT2D eigenvalue weighted by atomic mass is 9.83. The molecule has 2 rings (SSSR count). The van der Waals surface area contributed by atoms with Gasteiger partial charge in [0, 0.05) is 12.7 Å². The summed E-state index contributed by atoms with van der Waals surface area (Å²) in [6.45, 7) is 4.12. The smallest absolute Gasteiger partial charge is 0.0541 e. The highest BCUT2D eigenvalue weighted by Crippen LogP contribution is 2.28. The molecule has 0 atom stereocenters. The second kappa shape index (κ2) is 5.26. The number of nitrogens with zero attached hydrogens (tertiary/aromatic N) is 1. The van der Waals surface area contributed by atoms with Gasteiger partial charge in [0.1, 0.15) is 0 Å². The van der Waals surface area contributed by atoms with Crippen molar-refractivity contribution in [3.05, 3.63) is 29.6 Å². The highest BCUT2D eigenvalue weighted by atomic mass is 14.9. The highest BCUT2D eigenvalue weighted by Gasteiger charge is 2.15. The number of hydrogen-bond donors (Lipinski definition) is 1. The molecule has 1 aromatic rings. The molecule has 0 unspecified atom stereocenters. The Labute approximate surface area is 92.1 Å². The standard InChI is InChI=1S/C13H20N2/c1-11-5-6-13(15-9-11)10-14-8-7-12-3-2-4-12/h5-6,9,12,14H,2-4,7-8,10H2,1H3. The summed E-state index contributed by atoms with van der Waals surface area (Å²) in [5.74, 6) is 1.00. The Morgan fingerprint density at radius 2 is 2.27 bits per heavy atom. The maximum atomic E-state index is 4.37. The van der Waals surface area contributed by atoms with Gasteiger partial charge in [-0.2, -0.15) is 0 Å². The summed E-state index contributed by atoms with van der Waals surface area (Å²) in [7, 11) is 0. The van der Waals surface area contributed by atoms with E-state index in [1.54, 1.807) is 0 Å². The van der Waals surface area contributed by atoms with Gasteiger partial charge in [0.05, 0.1) is 5.69 Å². The summed E-state index contributed by atoms with van der Waals surface area (Å²) >= 11 is 0. The molecule has 0 saturated heterocycles. The predicted molar refractivity (Wildman–Crippen MR) is 62.6 cm³/mol. The fraction of sp³-hybridized carbons (Fsp3) is 0.615. The largest absolute Gasteiger partial charge is 0.311 e. The fourth-order valence-electron chi connectivity index (χ4n) is 1.91. The quantitative estimate of drug-likeness (QED) is 0.746. The molecule has 0 spiro atoms. The van der Waals surface area contributed by atoms with Gasteiger partial charge < -0.3 is 5.32 Å². The molecule has 82 valence electrons. The van der Waals surface area contributed by atoms with Gasteiger partial charge in [-0.3, -0.25) is 4.98 Å². The van der Waals surface area contributed by atoms with Crippen LogP contribution in [0.3, 0.4) is 0 Å². The van der Waals surface area contributed by atoms with Crippen LogP contribution >= 0.6 is 0 Å². The van der Waals surface area contributed by atoms with E-state index in [1.165, 1.54) is 31.2 Å². The average molecular weight is 204 g/mol. The molecule has 2 heteroatoms. The first-order chi connectivity index (χ1) is 7.34. The summed E-state index contributed by atoms with van der Waals surface area (Å²) in [6.07, 6.45) is 7.62. The van der Waals surface area contributed by atoms with Crippen LogP contribution < -0.4 is 5.32 Å². The summed E-state index contributed by atoms with van der Waals surface area (Å²) in [4.78, 5) is 4.37. The third-order valence-corrected chi connectivity index (χ3v) is 3.23. The van der Waals surface area contributed by atoms with Crippen LogP contribution in [0.25, 0.3) is 0 Å². The van der Waals surface area contributed by atoms with Crippen molar-refractivity contribution in [1.29, 1.82) is 0 Å². The van der Waals surface area contributed by atoms with Gasteiger partial charge in [0.15, 0.2) is 0 Å². The zero-order chi connectivity index (χ0) is 10.5. The number of nitrogens with one attached hydrogen (secondary N) is 1. The van der Waals surface area contributed by atoms with Crippen LogP contribution in [0.5, 0.6) is 0 Å². The zero-order valence-corrected chi connectivity index (χ0v) is 9.50. The van der Waals surface area contributed by atoms with Gasteiger partial charge in [-0.1, -0.05) is 25.3 Å². The van der Waals surface area contributed by atoms with Crippen LogP contribution in [0.2, 0.25) is 0 Å². The van der Waals surface area contributed by atoms with Gasteiger partial charge in [-0.05, 0) is 37.4 Å². The lowest BCUT2D eigenvalue weighted by Crippen LogP contribution is -2.21. The Kier molecular flexibility index (Phi) is 3.73. The van der Waals surface area contributed by atoms with Crippen LogP contribution in [-0.2, 0) is 6.54 Å². The minimum Gasteiger partial charge on any atom is -0.311 e. The number of rotatable bonds is 5. The maximum Gasteiger partial charge on any atom is 0.0541 e. The zero-order valence-electron chi connectivity index (χ0n) is 9.50. The van der Waals surface area contributed by atoms with Crippen LogP contribution in [0.1, 0.15) is 36.9 Å². The molecule has 1 N–H and O–H groups in total. The Morgan fingerprint density at radius 3 is 2.87 bits per heavy atom. The van der Waals surface area contributed by atoms with Crippen molar-refractivity contribution in [1.82, 2.24) is 10.3 Å². The fourth-order valence-corrected chi connectivity index (χ4v) is 1.91. The minimum absolute atomic E-state index is 0.910. The molecule has 0 radical (unpaired) electrons. The van der Waals surface area contributed by atoms with Crippen LogP contribution in [-0.4, -0.2) is 11.5 Å².